The standard InChI is InChI=1S/C23H24BN7.C2H7N.C2H6/c24-19-15-27-31-21(19)29-22(28-18-6-2-1-3-7-18)30-23(31)26-14-16-9-11-17(12-10-16)20-8-4-5-13-25-20;1-3-2;1-2/h4-5,8-13,15,18H,1-3,6-7,14H2,(H2,26,28,29,30);3H,1-2H3;1-2H3. The molecule has 188 valence electrons. The third-order valence-corrected chi connectivity index (χ3v) is 5.70. The predicted octanol–water partition coefficient (Wildman–Crippen LogP) is 4.20. The molecule has 3 aromatic heterocycles. The van der Waals surface area contributed by atoms with Gasteiger partial charge in [-0.3, -0.25) is 4.98 Å². The van der Waals surface area contributed by atoms with Crippen LogP contribution in [0.25, 0.3) is 16.9 Å². The van der Waals surface area contributed by atoms with Gasteiger partial charge in [-0.1, -0.05) is 63.4 Å². The van der Waals surface area contributed by atoms with E-state index in [0.29, 0.717) is 35.6 Å². The first-order chi connectivity index (χ1) is 17.7. The van der Waals surface area contributed by atoms with E-state index in [1.54, 1.807) is 16.9 Å². The van der Waals surface area contributed by atoms with Gasteiger partial charge in [0.05, 0.1) is 5.69 Å². The zero-order chi connectivity index (χ0) is 25.8. The van der Waals surface area contributed by atoms with E-state index in [0.717, 1.165) is 29.7 Å². The smallest absolute Gasteiger partial charge is 0.229 e. The molecule has 2 radical (unpaired) electrons. The highest BCUT2D eigenvalue weighted by molar-refractivity contribution is 6.36. The summed E-state index contributed by atoms with van der Waals surface area (Å²) in [5.74, 6) is 1.22. The van der Waals surface area contributed by atoms with Crippen LogP contribution in [0.1, 0.15) is 51.5 Å². The quantitative estimate of drug-likeness (QED) is 0.354. The summed E-state index contributed by atoms with van der Waals surface area (Å²) in [6, 6.07) is 14.7. The van der Waals surface area contributed by atoms with Gasteiger partial charge in [0.1, 0.15) is 7.85 Å². The van der Waals surface area contributed by atoms with Gasteiger partial charge in [0, 0.05) is 30.5 Å². The number of nitrogens with zero attached hydrogens (tertiary/aromatic N) is 5. The second-order valence-electron chi connectivity index (χ2n) is 8.45. The molecule has 4 aromatic rings. The molecule has 0 unspecified atom stereocenters. The molecule has 0 bridgehead atoms. The van der Waals surface area contributed by atoms with Crippen molar-refractivity contribution in [3.05, 3.63) is 60.4 Å². The van der Waals surface area contributed by atoms with Crippen molar-refractivity contribution < 1.29 is 0 Å². The fourth-order valence-electron chi connectivity index (χ4n) is 4.01. The fraction of sp³-hybridized carbons (Fsp3) is 0.407. The summed E-state index contributed by atoms with van der Waals surface area (Å²) in [6.45, 7) is 4.61. The first-order valence-corrected chi connectivity index (χ1v) is 12.8. The van der Waals surface area contributed by atoms with Gasteiger partial charge in [0.2, 0.25) is 11.9 Å². The molecule has 0 saturated heterocycles. The number of pyridine rings is 1. The van der Waals surface area contributed by atoms with Gasteiger partial charge in [-0.15, -0.1) is 0 Å². The lowest BCUT2D eigenvalue weighted by Crippen LogP contribution is -2.24. The molecule has 1 saturated carbocycles. The maximum Gasteiger partial charge on any atom is 0.229 e. The molecule has 1 fully saturated rings. The van der Waals surface area contributed by atoms with Crippen LogP contribution in [-0.4, -0.2) is 52.5 Å². The topological polar surface area (TPSA) is 92.1 Å². The SMILES string of the molecule is CC.CNC.[B]c1cnn2c(NCc3ccc(-c4ccccn4)cc3)nc(NC3CCCCC3)nc12. The number of hydrogen-bond acceptors (Lipinski definition) is 7. The van der Waals surface area contributed by atoms with Gasteiger partial charge in [-0.25, -0.2) is 0 Å². The minimum absolute atomic E-state index is 0.410. The number of fused-ring (bicyclic) bond motifs is 1. The number of benzene rings is 1. The number of rotatable bonds is 6. The lowest BCUT2D eigenvalue weighted by molar-refractivity contribution is 0.461. The summed E-state index contributed by atoms with van der Waals surface area (Å²) in [4.78, 5) is 13.7. The minimum atomic E-state index is 0.410. The van der Waals surface area contributed by atoms with Crippen molar-refractivity contribution in [1.82, 2.24) is 29.9 Å². The summed E-state index contributed by atoms with van der Waals surface area (Å²) >= 11 is 0. The zero-order valence-electron chi connectivity index (χ0n) is 21.8. The second kappa shape index (κ2) is 14.2. The Morgan fingerprint density at radius 1 is 0.972 bits per heavy atom. The highest BCUT2D eigenvalue weighted by Crippen LogP contribution is 2.21. The number of nitrogens with one attached hydrogen (secondary N) is 3. The van der Waals surface area contributed by atoms with Crippen molar-refractivity contribution in [2.24, 2.45) is 0 Å². The summed E-state index contributed by atoms with van der Waals surface area (Å²) < 4.78 is 1.66. The third kappa shape index (κ3) is 7.27. The average Bonchev–Trinajstić information content (AvgIpc) is 3.31. The number of anilines is 2. The molecular weight excluding hydrogens is 447 g/mol. The summed E-state index contributed by atoms with van der Waals surface area (Å²) in [7, 11) is 9.84. The monoisotopic (exact) mass is 484 g/mol. The third-order valence-electron chi connectivity index (χ3n) is 5.70. The maximum absolute atomic E-state index is 6.09. The Morgan fingerprint density at radius 3 is 2.36 bits per heavy atom. The Morgan fingerprint density at radius 2 is 1.69 bits per heavy atom. The van der Waals surface area contributed by atoms with E-state index in [1.807, 2.05) is 46.1 Å². The van der Waals surface area contributed by atoms with Crippen molar-refractivity contribution in [1.29, 1.82) is 0 Å². The molecule has 1 aliphatic carbocycles. The van der Waals surface area contributed by atoms with E-state index >= 15 is 0 Å². The van der Waals surface area contributed by atoms with Crippen LogP contribution in [0, 0.1) is 0 Å². The lowest BCUT2D eigenvalue weighted by Gasteiger charge is -2.23. The van der Waals surface area contributed by atoms with Crippen LogP contribution < -0.4 is 21.4 Å². The highest BCUT2D eigenvalue weighted by Gasteiger charge is 2.16. The van der Waals surface area contributed by atoms with Crippen LogP contribution in [0.2, 0.25) is 0 Å². The van der Waals surface area contributed by atoms with Crippen molar-refractivity contribution in [2.75, 3.05) is 24.7 Å². The lowest BCUT2D eigenvalue weighted by atomic mass is 9.96. The van der Waals surface area contributed by atoms with E-state index in [4.69, 9.17) is 12.8 Å². The van der Waals surface area contributed by atoms with Crippen LogP contribution in [0.3, 0.4) is 0 Å². The minimum Gasteiger partial charge on any atom is -0.351 e. The van der Waals surface area contributed by atoms with Crippen LogP contribution in [0.5, 0.6) is 0 Å². The molecule has 5 rings (SSSR count). The Kier molecular flexibility index (Phi) is 10.7. The predicted molar refractivity (Wildman–Crippen MR) is 150 cm³/mol. The van der Waals surface area contributed by atoms with E-state index < -0.39 is 0 Å². The molecular formula is C27H37BN8. The first-order valence-electron chi connectivity index (χ1n) is 12.8. The molecule has 0 atom stereocenters. The van der Waals surface area contributed by atoms with Gasteiger partial charge >= 0.3 is 0 Å². The van der Waals surface area contributed by atoms with Crippen molar-refractivity contribution >= 4 is 30.9 Å². The summed E-state index contributed by atoms with van der Waals surface area (Å²) in [5.41, 5.74) is 4.34. The van der Waals surface area contributed by atoms with E-state index in [2.05, 4.69) is 55.3 Å². The largest absolute Gasteiger partial charge is 0.351 e. The molecule has 3 N–H and O–H groups in total. The number of hydrogen-bond donors (Lipinski definition) is 3. The highest BCUT2D eigenvalue weighted by atomic mass is 15.4. The molecule has 9 heteroatoms. The van der Waals surface area contributed by atoms with E-state index in [-0.39, 0.29) is 0 Å². The summed E-state index contributed by atoms with van der Waals surface area (Å²) in [5, 5.41) is 14.0. The molecule has 0 amide bonds. The van der Waals surface area contributed by atoms with Crippen LogP contribution in [0.15, 0.2) is 54.9 Å². The zero-order valence-corrected chi connectivity index (χ0v) is 21.8. The average molecular weight is 484 g/mol. The molecule has 36 heavy (non-hydrogen) atoms. The van der Waals surface area contributed by atoms with Crippen molar-refractivity contribution in [2.45, 2.75) is 58.5 Å². The molecule has 1 aromatic carbocycles. The Bertz CT molecular complexity index is 1170. The van der Waals surface area contributed by atoms with Crippen molar-refractivity contribution in [3.8, 4) is 11.3 Å². The van der Waals surface area contributed by atoms with Gasteiger partial charge in [-0.05, 0) is 50.1 Å². The van der Waals surface area contributed by atoms with Gasteiger partial charge in [-0.2, -0.15) is 19.6 Å². The normalized spacial score (nSPS) is 13.2. The maximum atomic E-state index is 6.09. The van der Waals surface area contributed by atoms with Crippen molar-refractivity contribution in [3.63, 3.8) is 0 Å². The molecule has 8 nitrogen and oxygen atoms in total. The van der Waals surface area contributed by atoms with Crippen LogP contribution in [-0.2, 0) is 6.54 Å². The molecule has 3 heterocycles. The van der Waals surface area contributed by atoms with Gasteiger partial charge in [0.25, 0.3) is 0 Å². The molecule has 0 spiro atoms. The fourth-order valence-corrected chi connectivity index (χ4v) is 4.01. The molecule has 1 aliphatic rings. The molecule has 0 aliphatic heterocycles. The summed E-state index contributed by atoms with van der Waals surface area (Å²) in [6.07, 6.45) is 9.51. The number of aromatic nitrogens is 5. The Labute approximate surface area is 215 Å². The van der Waals surface area contributed by atoms with Gasteiger partial charge in [0.15, 0.2) is 5.65 Å². The Hall–Kier alpha value is -3.46. The van der Waals surface area contributed by atoms with E-state index in [9.17, 15) is 0 Å². The van der Waals surface area contributed by atoms with Crippen LogP contribution in [0.4, 0.5) is 11.9 Å². The van der Waals surface area contributed by atoms with E-state index in [1.165, 1.54) is 19.3 Å². The second-order valence-corrected chi connectivity index (χ2v) is 8.45. The van der Waals surface area contributed by atoms with Gasteiger partial charge < -0.3 is 16.0 Å². The van der Waals surface area contributed by atoms with Crippen LogP contribution >= 0.6 is 0 Å². The first kappa shape index (κ1) is 27.1. The Balaban J connectivity index is 0.000000674.